The van der Waals surface area contributed by atoms with E-state index >= 15 is 0 Å². The lowest BCUT2D eigenvalue weighted by Crippen LogP contribution is -2.06. The second kappa shape index (κ2) is 6.47. The molecule has 1 aromatic carbocycles. The molecule has 0 N–H and O–H groups in total. The number of aryl methyl sites for hydroxylation is 1. The predicted molar refractivity (Wildman–Crippen MR) is 91.1 cm³/mol. The molecule has 3 heterocycles. The van der Waals surface area contributed by atoms with E-state index in [4.69, 9.17) is 14.2 Å². The molecule has 0 saturated heterocycles. The summed E-state index contributed by atoms with van der Waals surface area (Å²) in [4.78, 5) is 16.7. The van der Waals surface area contributed by atoms with Gasteiger partial charge in [-0.1, -0.05) is 6.07 Å². The summed E-state index contributed by atoms with van der Waals surface area (Å²) in [6.45, 7) is 3.33. The fourth-order valence-corrected chi connectivity index (χ4v) is 2.74. The summed E-state index contributed by atoms with van der Waals surface area (Å²) in [5.41, 5.74) is 3.10. The average molecular weight is 338 g/mol. The van der Waals surface area contributed by atoms with Gasteiger partial charge < -0.3 is 18.6 Å². The highest BCUT2D eigenvalue weighted by atomic mass is 16.5. The molecular formula is C19H18N2O4. The zero-order chi connectivity index (χ0) is 17.2. The lowest BCUT2D eigenvalue weighted by atomic mass is 10.2. The number of rotatable bonds is 3. The van der Waals surface area contributed by atoms with Crippen LogP contribution in [0, 0.1) is 6.92 Å². The molecule has 2 aromatic heterocycles. The summed E-state index contributed by atoms with van der Waals surface area (Å²) in [5.74, 6) is 0.823. The van der Waals surface area contributed by atoms with Gasteiger partial charge in [0.05, 0.1) is 24.5 Å². The second-order valence-electron chi connectivity index (χ2n) is 5.99. The molecule has 0 unspecified atom stereocenters. The number of carbonyl (C=O) groups excluding carboxylic acids is 1. The van der Waals surface area contributed by atoms with Crippen molar-refractivity contribution in [2.45, 2.75) is 20.0 Å². The summed E-state index contributed by atoms with van der Waals surface area (Å²) >= 11 is 0. The Morgan fingerprint density at radius 1 is 1.16 bits per heavy atom. The number of fused-ring (bicyclic) bond motifs is 2. The Labute approximate surface area is 145 Å². The Kier molecular flexibility index (Phi) is 4.01. The molecule has 0 atom stereocenters. The minimum absolute atomic E-state index is 0.119. The molecule has 25 heavy (non-hydrogen) atoms. The van der Waals surface area contributed by atoms with Gasteiger partial charge in [0, 0.05) is 18.8 Å². The van der Waals surface area contributed by atoms with E-state index < -0.39 is 5.97 Å². The van der Waals surface area contributed by atoms with Crippen LogP contribution in [-0.2, 0) is 11.3 Å². The summed E-state index contributed by atoms with van der Waals surface area (Å²) in [7, 11) is 0. The van der Waals surface area contributed by atoms with E-state index in [2.05, 4.69) is 4.98 Å². The van der Waals surface area contributed by atoms with E-state index in [1.165, 1.54) is 0 Å². The Balaban J connectivity index is 1.47. The first-order valence-corrected chi connectivity index (χ1v) is 8.20. The van der Waals surface area contributed by atoms with Crippen LogP contribution in [0.5, 0.6) is 11.5 Å². The van der Waals surface area contributed by atoms with Gasteiger partial charge in [-0.3, -0.25) is 0 Å². The molecule has 1 aliphatic heterocycles. The molecular weight excluding hydrogens is 320 g/mol. The zero-order valence-electron chi connectivity index (χ0n) is 13.9. The highest BCUT2D eigenvalue weighted by Crippen LogP contribution is 2.30. The maximum absolute atomic E-state index is 12.3. The number of aromatic nitrogens is 2. The number of hydrogen-bond acceptors (Lipinski definition) is 5. The van der Waals surface area contributed by atoms with Crippen molar-refractivity contribution >= 4 is 11.6 Å². The minimum atomic E-state index is -0.413. The molecule has 0 spiro atoms. The number of esters is 1. The average Bonchev–Trinajstić information content (AvgIpc) is 2.86. The summed E-state index contributed by atoms with van der Waals surface area (Å²) in [5, 5.41) is 0. The lowest BCUT2D eigenvalue weighted by Gasteiger charge is -2.09. The molecule has 3 aromatic rings. The van der Waals surface area contributed by atoms with E-state index in [-0.39, 0.29) is 6.61 Å². The third kappa shape index (κ3) is 3.28. The van der Waals surface area contributed by atoms with Crippen molar-refractivity contribution in [2.24, 2.45) is 0 Å². The smallest absolute Gasteiger partial charge is 0.338 e. The largest absolute Gasteiger partial charge is 0.490 e. The molecule has 6 heteroatoms. The van der Waals surface area contributed by atoms with Crippen LogP contribution in [0.15, 0.2) is 42.7 Å². The maximum atomic E-state index is 12.3. The fraction of sp³-hybridized carbons (Fsp3) is 0.263. The van der Waals surface area contributed by atoms with E-state index in [9.17, 15) is 4.79 Å². The van der Waals surface area contributed by atoms with Gasteiger partial charge in [-0.25, -0.2) is 9.78 Å². The molecule has 128 valence electrons. The lowest BCUT2D eigenvalue weighted by molar-refractivity contribution is 0.0468. The van der Waals surface area contributed by atoms with Gasteiger partial charge in [0.1, 0.15) is 12.3 Å². The standard InChI is InChI=1S/C19H18N2O4/c1-13-3-6-18-20-15(11-21(18)10-13)12-25-19(22)14-4-5-16-17(9-14)24-8-2-7-23-16/h3-6,9-11H,2,7-8,12H2,1H3. The Morgan fingerprint density at radius 2 is 2.00 bits per heavy atom. The monoisotopic (exact) mass is 338 g/mol. The number of carbonyl (C=O) groups is 1. The quantitative estimate of drug-likeness (QED) is 0.687. The first kappa shape index (κ1) is 15.5. The fourth-order valence-electron chi connectivity index (χ4n) is 2.74. The molecule has 0 radical (unpaired) electrons. The van der Waals surface area contributed by atoms with E-state index in [1.54, 1.807) is 18.2 Å². The van der Waals surface area contributed by atoms with Crippen molar-refractivity contribution in [3.05, 3.63) is 59.5 Å². The molecule has 0 bridgehead atoms. The third-order valence-corrected chi connectivity index (χ3v) is 3.98. The van der Waals surface area contributed by atoms with E-state index in [0.29, 0.717) is 36.0 Å². The molecule has 0 fully saturated rings. The van der Waals surface area contributed by atoms with Gasteiger partial charge in [0.25, 0.3) is 0 Å². The number of nitrogens with zero attached hydrogens (tertiary/aromatic N) is 2. The SMILES string of the molecule is Cc1ccc2nc(COC(=O)c3ccc4c(c3)OCCCO4)cn2c1. The van der Waals surface area contributed by atoms with Crippen molar-refractivity contribution in [3.63, 3.8) is 0 Å². The summed E-state index contributed by atoms with van der Waals surface area (Å²) in [6, 6.07) is 9.02. The number of imidazole rings is 1. The first-order chi connectivity index (χ1) is 12.2. The maximum Gasteiger partial charge on any atom is 0.338 e. The summed E-state index contributed by atoms with van der Waals surface area (Å²) < 4.78 is 18.5. The topological polar surface area (TPSA) is 62.1 Å². The van der Waals surface area contributed by atoms with Gasteiger partial charge in [-0.05, 0) is 36.8 Å². The van der Waals surface area contributed by atoms with Gasteiger partial charge in [0.2, 0.25) is 0 Å². The zero-order valence-corrected chi connectivity index (χ0v) is 13.9. The highest BCUT2D eigenvalue weighted by molar-refractivity contribution is 5.90. The van der Waals surface area contributed by atoms with Crippen LogP contribution in [0.1, 0.15) is 28.0 Å². The molecule has 0 amide bonds. The van der Waals surface area contributed by atoms with E-state index in [0.717, 1.165) is 17.6 Å². The van der Waals surface area contributed by atoms with Crippen LogP contribution in [0.25, 0.3) is 5.65 Å². The van der Waals surface area contributed by atoms with Crippen LogP contribution in [0.2, 0.25) is 0 Å². The van der Waals surface area contributed by atoms with Gasteiger partial charge in [0.15, 0.2) is 11.5 Å². The number of hydrogen-bond donors (Lipinski definition) is 0. The number of benzene rings is 1. The Hall–Kier alpha value is -3.02. The molecule has 1 aliphatic rings. The number of ether oxygens (including phenoxy) is 3. The van der Waals surface area contributed by atoms with Crippen molar-refractivity contribution in [2.75, 3.05) is 13.2 Å². The number of pyridine rings is 1. The van der Waals surface area contributed by atoms with Crippen LogP contribution >= 0.6 is 0 Å². The first-order valence-electron chi connectivity index (χ1n) is 8.20. The van der Waals surface area contributed by atoms with Crippen molar-refractivity contribution < 1.29 is 19.0 Å². The predicted octanol–water partition coefficient (Wildman–Crippen LogP) is 3.16. The van der Waals surface area contributed by atoms with Crippen LogP contribution in [0.4, 0.5) is 0 Å². The van der Waals surface area contributed by atoms with Crippen LogP contribution < -0.4 is 9.47 Å². The van der Waals surface area contributed by atoms with Gasteiger partial charge in [-0.2, -0.15) is 0 Å². The minimum Gasteiger partial charge on any atom is -0.490 e. The third-order valence-electron chi connectivity index (χ3n) is 3.98. The van der Waals surface area contributed by atoms with Crippen molar-refractivity contribution in [3.8, 4) is 11.5 Å². The van der Waals surface area contributed by atoms with E-state index in [1.807, 2.05) is 35.9 Å². The van der Waals surface area contributed by atoms with Crippen LogP contribution in [-0.4, -0.2) is 28.6 Å². The van der Waals surface area contributed by atoms with Crippen LogP contribution in [0.3, 0.4) is 0 Å². The van der Waals surface area contributed by atoms with Crippen molar-refractivity contribution in [1.82, 2.24) is 9.38 Å². The summed E-state index contributed by atoms with van der Waals surface area (Å²) in [6.07, 6.45) is 4.67. The normalized spacial score (nSPS) is 13.5. The molecule has 0 saturated carbocycles. The van der Waals surface area contributed by atoms with Gasteiger partial charge in [-0.15, -0.1) is 0 Å². The Bertz CT molecular complexity index is 932. The molecule has 4 rings (SSSR count). The molecule has 0 aliphatic carbocycles. The Morgan fingerprint density at radius 3 is 2.88 bits per heavy atom. The molecule has 6 nitrogen and oxygen atoms in total. The van der Waals surface area contributed by atoms with Crippen molar-refractivity contribution in [1.29, 1.82) is 0 Å². The van der Waals surface area contributed by atoms with Gasteiger partial charge >= 0.3 is 5.97 Å². The second-order valence-corrected chi connectivity index (χ2v) is 5.99. The highest BCUT2D eigenvalue weighted by Gasteiger charge is 2.15.